The average Bonchev–Trinajstić information content (AvgIpc) is 2.58. The van der Waals surface area contributed by atoms with E-state index in [0.717, 1.165) is 12.8 Å². The lowest BCUT2D eigenvalue weighted by atomic mass is 9.68. The average molecular weight is 292 g/mol. The first-order valence-corrected chi connectivity index (χ1v) is 8.74. The van der Waals surface area contributed by atoms with Crippen molar-refractivity contribution in [2.75, 3.05) is 0 Å². The molecule has 0 aromatic heterocycles. The molecule has 0 bridgehead atoms. The third-order valence-corrected chi connectivity index (χ3v) is 5.47. The lowest BCUT2D eigenvalue weighted by molar-refractivity contribution is -0.168. The SMILES string of the molecule is C=C(C)C(=O)OC1(C2CCCCC2)CCCCC(C)(C)C1. The van der Waals surface area contributed by atoms with Crippen molar-refractivity contribution < 1.29 is 9.53 Å². The van der Waals surface area contributed by atoms with E-state index in [1.165, 1.54) is 51.4 Å². The fraction of sp³-hybridized carbons (Fsp3) is 0.842. The summed E-state index contributed by atoms with van der Waals surface area (Å²) in [6.07, 6.45) is 12.1. The molecule has 0 aromatic carbocycles. The maximum atomic E-state index is 12.3. The van der Waals surface area contributed by atoms with Crippen LogP contribution in [0.2, 0.25) is 0 Å². The highest BCUT2D eigenvalue weighted by Crippen LogP contribution is 2.49. The number of hydrogen-bond acceptors (Lipinski definition) is 2. The Morgan fingerprint density at radius 3 is 2.29 bits per heavy atom. The van der Waals surface area contributed by atoms with Gasteiger partial charge in [0.15, 0.2) is 0 Å². The van der Waals surface area contributed by atoms with Crippen molar-refractivity contribution >= 4 is 5.97 Å². The Morgan fingerprint density at radius 1 is 1.05 bits per heavy atom. The lowest BCUT2D eigenvalue weighted by Gasteiger charge is -2.45. The van der Waals surface area contributed by atoms with Crippen molar-refractivity contribution in [3.63, 3.8) is 0 Å². The Balaban J connectivity index is 2.27. The number of carbonyl (C=O) groups excluding carboxylic acids is 1. The summed E-state index contributed by atoms with van der Waals surface area (Å²) < 4.78 is 6.16. The fourth-order valence-corrected chi connectivity index (χ4v) is 4.43. The van der Waals surface area contributed by atoms with Gasteiger partial charge in [0.05, 0.1) is 0 Å². The molecule has 2 rings (SSSR count). The molecule has 2 fully saturated rings. The van der Waals surface area contributed by atoms with Crippen molar-refractivity contribution in [2.24, 2.45) is 11.3 Å². The lowest BCUT2D eigenvalue weighted by Crippen LogP contribution is -2.46. The first kappa shape index (κ1) is 16.6. The van der Waals surface area contributed by atoms with Crippen LogP contribution in [0.5, 0.6) is 0 Å². The van der Waals surface area contributed by atoms with Gasteiger partial charge in [-0.1, -0.05) is 46.1 Å². The molecule has 21 heavy (non-hydrogen) atoms. The summed E-state index contributed by atoms with van der Waals surface area (Å²) in [5, 5.41) is 0. The topological polar surface area (TPSA) is 26.3 Å². The van der Waals surface area contributed by atoms with E-state index in [0.29, 0.717) is 11.5 Å². The zero-order valence-electron chi connectivity index (χ0n) is 14.2. The Hall–Kier alpha value is -0.790. The van der Waals surface area contributed by atoms with Gasteiger partial charge in [0.1, 0.15) is 5.60 Å². The minimum Gasteiger partial charge on any atom is -0.455 e. The molecular weight excluding hydrogens is 260 g/mol. The van der Waals surface area contributed by atoms with E-state index in [4.69, 9.17) is 4.74 Å². The van der Waals surface area contributed by atoms with Gasteiger partial charge in [0.2, 0.25) is 0 Å². The van der Waals surface area contributed by atoms with Gasteiger partial charge in [0, 0.05) is 5.57 Å². The van der Waals surface area contributed by atoms with Crippen LogP contribution in [0.25, 0.3) is 0 Å². The molecule has 0 saturated heterocycles. The molecular formula is C19H32O2. The quantitative estimate of drug-likeness (QED) is 0.394. The van der Waals surface area contributed by atoms with Gasteiger partial charge in [-0.05, 0) is 56.8 Å². The minimum absolute atomic E-state index is 0.182. The van der Waals surface area contributed by atoms with Crippen LogP contribution in [0.3, 0.4) is 0 Å². The molecule has 0 aromatic rings. The van der Waals surface area contributed by atoms with Crippen LogP contribution >= 0.6 is 0 Å². The van der Waals surface area contributed by atoms with Crippen LogP contribution in [0, 0.1) is 11.3 Å². The smallest absolute Gasteiger partial charge is 0.333 e. The summed E-state index contributed by atoms with van der Waals surface area (Å²) in [7, 11) is 0. The van der Waals surface area contributed by atoms with E-state index < -0.39 is 0 Å². The molecule has 1 atom stereocenters. The summed E-state index contributed by atoms with van der Waals surface area (Å²) in [4.78, 5) is 12.3. The first-order chi connectivity index (χ1) is 9.85. The van der Waals surface area contributed by atoms with Gasteiger partial charge in [-0.2, -0.15) is 0 Å². The third kappa shape index (κ3) is 4.11. The number of ether oxygens (including phenoxy) is 1. The zero-order valence-corrected chi connectivity index (χ0v) is 14.2. The number of carbonyl (C=O) groups is 1. The monoisotopic (exact) mass is 292 g/mol. The molecule has 2 heteroatoms. The Morgan fingerprint density at radius 2 is 1.67 bits per heavy atom. The van der Waals surface area contributed by atoms with Crippen molar-refractivity contribution in [3.8, 4) is 0 Å². The van der Waals surface area contributed by atoms with Crippen LogP contribution < -0.4 is 0 Å². The van der Waals surface area contributed by atoms with Crippen molar-refractivity contribution in [1.82, 2.24) is 0 Å². The molecule has 2 aliphatic rings. The molecule has 1 unspecified atom stereocenters. The Labute approximate surface area is 130 Å². The minimum atomic E-state index is -0.240. The van der Waals surface area contributed by atoms with Crippen LogP contribution in [0.4, 0.5) is 0 Å². The van der Waals surface area contributed by atoms with Gasteiger partial charge >= 0.3 is 5.97 Å². The fourth-order valence-electron chi connectivity index (χ4n) is 4.43. The largest absolute Gasteiger partial charge is 0.455 e. The maximum Gasteiger partial charge on any atom is 0.333 e. The van der Waals surface area contributed by atoms with E-state index in [-0.39, 0.29) is 17.0 Å². The van der Waals surface area contributed by atoms with Gasteiger partial charge in [-0.3, -0.25) is 0 Å². The Kier molecular flexibility index (Phi) is 5.16. The number of rotatable bonds is 3. The van der Waals surface area contributed by atoms with E-state index in [2.05, 4.69) is 20.4 Å². The van der Waals surface area contributed by atoms with Crippen molar-refractivity contribution in [3.05, 3.63) is 12.2 Å². The van der Waals surface area contributed by atoms with Crippen LogP contribution in [-0.2, 0) is 9.53 Å². The van der Waals surface area contributed by atoms with E-state index in [1.54, 1.807) is 6.92 Å². The summed E-state index contributed by atoms with van der Waals surface area (Å²) in [5.74, 6) is 0.366. The first-order valence-electron chi connectivity index (χ1n) is 8.74. The molecule has 2 saturated carbocycles. The summed E-state index contributed by atoms with van der Waals surface area (Å²) in [6, 6.07) is 0. The standard InChI is InChI=1S/C19H32O2/c1-15(2)17(20)21-19(16-10-6-5-7-11-16)13-9-8-12-18(3,4)14-19/h16H,1,5-14H2,2-4H3. The normalized spacial score (nSPS) is 30.4. The summed E-state index contributed by atoms with van der Waals surface area (Å²) in [6.45, 7) is 10.2. The highest BCUT2D eigenvalue weighted by atomic mass is 16.6. The maximum absolute atomic E-state index is 12.3. The van der Waals surface area contributed by atoms with Crippen molar-refractivity contribution in [2.45, 2.75) is 90.6 Å². The second kappa shape index (κ2) is 6.54. The van der Waals surface area contributed by atoms with Crippen molar-refractivity contribution in [1.29, 1.82) is 0 Å². The van der Waals surface area contributed by atoms with Gasteiger partial charge in [0.25, 0.3) is 0 Å². The molecule has 0 spiro atoms. The molecule has 0 radical (unpaired) electrons. The molecule has 2 aliphatic carbocycles. The number of hydrogen-bond donors (Lipinski definition) is 0. The van der Waals surface area contributed by atoms with E-state index in [9.17, 15) is 4.79 Å². The highest BCUT2D eigenvalue weighted by Gasteiger charge is 2.47. The molecule has 0 N–H and O–H groups in total. The predicted octanol–water partition coefficient (Wildman–Crippen LogP) is 5.42. The zero-order chi connectivity index (χ0) is 15.5. The van der Waals surface area contributed by atoms with E-state index in [1.807, 2.05) is 0 Å². The van der Waals surface area contributed by atoms with E-state index >= 15 is 0 Å². The Bertz CT molecular complexity index is 390. The molecule has 0 aliphatic heterocycles. The van der Waals surface area contributed by atoms with Gasteiger partial charge in [-0.15, -0.1) is 0 Å². The molecule has 2 nitrogen and oxygen atoms in total. The molecule has 120 valence electrons. The highest BCUT2D eigenvalue weighted by molar-refractivity contribution is 5.87. The molecule has 0 amide bonds. The predicted molar refractivity (Wildman–Crippen MR) is 87.1 cm³/mol. The second-order valence-corrected chi connectivity index (χ2v) is 8.12. The van der Waals surface area contributed by atoms with Crippen LogP contribution in [0.1, 0.15) is 85.0 Å². The van der Waals surface area contributed by atoms with Gasteiger partial charge in [-0.25, -0.2) is 4.79 Å². The third-order valence-electron chi connectivity index (χ3n) is 5.47. The number of esters is 1. The summed E-state index contributed by atoms with van der Waals surface area (Å²) >= 11 is 0. The second-order valence-electron chi connectivity index (χ2n) is 8.12. The van der Waals surface area contributed by atoms with Crippen LogP contribution in [-0.4, -0.2) is 11.6 Å². The molecule has 0 heterocycles. The van der Waals surface area contributed by atoms with Gasteiger partial charge < -0.3 is 4.74 Å². The van der Waals surface area contributed by atoms with Crippen LogP contribution in [0.15, 0.2) is 12.2 Å². The summed E-state index contributed by atoms with van der Waals surface area (Å²) in [5.41, 5.74) is 0.562.